The van der Waals surface area contributed by atoms with Gasteiger partial charge in [0.25, 0.3) is 0 Å². The maximum atomic E-state index is 14.0. The summed E-state index contributed by atoms with van der Waals surface area (Å²) in [6, 6.07) is 12.1. The lowest BCUT2D eigenvalue weighted by Gasteiger charge is -2.32. The summed E-state index contributed by atoms with van der Waals surface area (Å²) in [5.74, 6) is -0.503. The second kappa shape index (κ2) is 5.37. The Bertz CT molecular complexity index is 704. The molecule has 0 radical (unpaired) electrons. The molecule has 0 aliphatic carbocycles. The molecule has 1 N–H and O–H groups in total. The summed E-state index contributed by atoms with van der Waals surface area (Å²) in [5, 5.41) is 3.15. The van der Waals surface area contributed by atoms with Crippen LogP contribution in [0.5, 0.6) is 0 Å². The average Bonchev–Trinajstić information content (AvgIpc) is 2.49. The van der Waals surface area contributed by atoms with Crippen molar-refractivity contribution in [1.29, 1.82) is 0 Å². The first-order chi connectivity index (χ1) is 10.1. The molecule has 0 spiro atoms. The van der Waals surface area contributed by atoms with Crippen LogP contribution < -0.4 is 10.2 Å². The number of carbonyl (C=O) groups excluding carboxylic acids is 1. The van der Waals surface area contributed by atoms with Crippen molar-refractivity contribution in [3.05, 3.63) is 58.9 Å². The molecular weight excluding hydrogens is 291 g/mol. The first kappa shape index (κ1) is 13.9. The van der Waals surface area contributed by atoms with Gasteiger partial charge in [0.15, 0.2) is 5.82 Å². The SMILES string of the molecule is CN1C(=O)CC(Nc2cccc(Cl)c2F)c2ccccc21. The lowest BCUT2D eigenvalue weighted by Crippen LogP contribution is -2.35. The Morgan fingerprint density at radius 2 is 2.00 bits per heavy atom. The Morgan fingerprint density at radius 1 is 1.24 bits per heavy atom. The van der Waals surface area contributed by atoms with Gasteiger partial charge in [-0.1, -0.05) is 35.9 Å². The molecule has 0 saturated heterocycles. The fourth-order valence-electron chi connectivity index (χ4n) is 2.58. The summed E-state index contributed by atoms with van der Waals surface area (Å²) in [6.07, 6.45) is 0.277. The largest absolute Gasteiger partial charge is 0.375 e. The third kappa shape index (κ3) is 2.47. The smallest absolute Gasteiger partial charge is 0.229 e. The highest BCUT2D eigenvalue weighted by Gasteiger charge is 2.29. The molecule has 2 aromatic rings. The Balaban J connectivity index is 1.98. The van der Waals surface area contributed by atoms with Gasteiger partial charge in [-0.2, -0.15) is 0 Å². The highest BCUT2D eigenvalue weighted by Crippen LogP contribution is 2.36. The van der Waals surface area contributed by atoms with Crippen molar-refractivity contribution in [2.75, 3.05) is 17.3 Å². The summed E-state index contributed by atoms with van der Waals surface area (Å²) in [4.78, 5) is 13.7. The van der Waals surface area contributed by atoms with Crippen molar-refractivity contribution in [2.45, 2.75) is 12.5 Å². The van der Waals surface area contributed by atoms with Crippen molar-refractivity contribution in [2.24, 2.45) is 0 Å². The number of rotatable bonds is 2. The van der Waals surface area contributed by atoms with Gasteiger partial charge in [-0.05, 0) is 23.8 Å². The van der Waals surface area contributed by atoms with E-state index in [0.29, 0.717) is 5.69 Å². The minimum absolute atomic E-state index is 0.00589. The van der Waals surface area contributed by atoms with Gasteiger partial charge >= 0.3 is 0 Å². The predicted molar refractivity (Wildman–Crippen MR) is 82.2 cm³/mol. The summed E-state index contributed by atoms with van der Waals surface area (Å²) in [7, 11) is 1.75. The number of amides is 1. The molecule has 1 atom stereocenters. The summed E-state index contributed by atoms with van der Waals surface area (Å²) in [5.41, 5.74) is 2.12. The number of benzene rings is 2. The molecule has 0 fully saturated rings. The normalized spacial score (nSPS) is 17.6. The van der Waals surface area contributed by atoms with E-state index in [-0.39, 0.29) is 23.4 Å². The molecule has 5 heteroatoms. The predicted octanol–water partition coefficient (Wildman–Crippen LogP) is 4.00. The number of fused-ring (bicyclic) bond motifs is 1. The molecule has 1 unspecified atom stereocenters. The van der Waals surface area contributed by atoms with Crippen LogP contribution in [0.2, 0.25) is 5.02 Å². The van der Waals surface area contributed by atoms with Crippen molar-refractivity contribution < 1.29 is 9.18 Å². The number of anilines is 2. The fraction of sp³-hybridized carbons (Fsp3) is 0.188. The van der Waals surface area contributed by atoms with Crippen LogP contribution >= 0.6 is 11.6 Å². The minimum Gasteiger partial charge on any atom is -0.375 e. The van der Waals surface area contributed by atoms with E-state index in [2.05, 4.69) is 5.32 Å². The fourth-order valence-corrected chi connectivity index (χ4v) is 2.75. The van der Waals surface area contributed by atoms with E-state index in [1.165, 1.54) is 6.07 Å². The van der Waals surface area contributed by atoms with E-state index in [4.69, 9.17) is 11.6 Å². The second-order valence-corrected chi connectivity index (χ2v) is 5.42. The monoisotopic (exact) mass is 304 g/mol. The summed E-state index contributed by atoms with van der Waals surface area (Å²) >= 11 is 5.79. The minimum atomic E-state index is -0.497. The van der Waals surface area contributed by atoms with Crippen LogP contribution in [0, 0.1) is 5.82 Å². The van der Waals surface area contributed by atoms with Crippen molar-refractivity contribution >= 4 is 28.9 Å². The van der Waals surface area contributed by atoms with Crippen molar-refractivity contribution in [3.8, 4) is 0 Å². The van der Waals surface area contributed by atoms with E-state index in [1.54, 1.807) is 24.1 Å². The zero-order chi connectivity index (χ0) is 15.0. The first-order valence-electron chi connectivity index (χ1n) is 6.64. The second-order valence-electron chi connectivity index (χ2n) is 5.01. The Labute approximate surface area is 127 Å². The van der Waals surface area contributed by atoms with Crippen LogP contribution in [0.15, 0.2) is 42.5 Å². The van der Waals surface area contributed by atoms with E-state index < -0.39 is 5.82 Å². The van der Waals surface area contributed by atoms with Crippen LogP contribution in [-0.2, 0) is 4.79 Å². The highest BCUT2D eigenvalue weighted by atomic mass is 35.5. The van der Waals surface area contributed by atoms with Crippen molar-refractivity contribution in [3.63, 3.8) is 0 Å². The Kier molecular flexibility index (Phi) is 3.55. The number of hydrogen-bond donors (Lipinski definition) is 1. The van der Waals surface area contributed by atoms with Gasteiger partial charge in [-0.15, -0.1) is 0 Å². The molecule has 0 saturated carbocycles. The quantitative estimate of drug-likeness (QED) is 0.909. The zero-order valence-electron chi connectivity index (χ0n) is 11.4. The molecule has 3 rings (SSSR count). The number of nitrogens with one attached hydrogen (secondary N) is 1. The van der Waals surface area contributed by atoms with E-state index >= 15 is 0 Å². The van der Waals surface area contributed by atoms with E-state index in [9.17, 15) is 9.18 Å². The van der Waals surface area contributed by atoms with Gasteiger partial charge in [0.05, 0.1) is 23.2 Å². The molecule has 1 heterocycles. The summed E-state index contributed by atoms with van der Waals surface area (Å²) in [6.45, 7) is 0. The van der Waals surface area contributed by atoms with Crippen LogP contribution in [0.25, 0.3) is 0 Å². The molecule has 0 aromatic heterocycles. The Morgan fingerprint density at radius 3 is 2.81 bits per heavy atom. The third-order valence-electron chi connectivity index (χ3n) is 3.71. The average molecular weight is 305 g/mol. The maximum Gasteiger partial charge on any atom is 0.229 e. The van der Waals surface area contributed by atoms with Gasteiger partial charge in [0.1, 0.15) is 0 Å². The lowest BCUT2D eigenvalue weighted by atomic mass is 9.96. The van der Waals surface area contributed by atoms with E-state index in [0.717, 1.165) is 11.3 Å². The molecular formula is C16H14ClFN2O. The standard InChI is InChI=1S/C16H14ClFN2O/c1-20-14-8-3-2-5-10(14)13(9-15(20)21)19-12-7-4-6-11(17)16(12)18/h2-8,13,19H,9H2,1H3. The highest BCUT2D eigenvalue weighted by molar-refractivity contribution is 6.31. The van der Waals surface area contributed by atoms with E-state index in [1.807, 2.05) is 24.3 Å². The van der Waals surface area contributed by atoms with Gasteiger partial charge in [0.2, 0.25) is 5.91 Å². The number of halogens is 2. The van der Waals surface area contributed by atoms with Crippen molar-refractivity contribution in [1.82, 2.24) is 0 Å². The molecule has 1 amide bonds. The molecule has 2 aromatic carbocycles. The molecule has 3 nitrogen and oxygen atoms in total. The number of nitrogens with zero attached hydrogens (tertiary/aromatic N) is 1. The van der Waals surface area contributed by atoms with Gasteiger partial charge in [-0.25, -0.2) is 4.39 Å². The molecule has 21 heavy (non-hydrogen) atoms. The van der Waals surface area contributed by atoms with Crippen LogP contribution in [-0.4, -0.2) is 13.0 Å². The van der Waals surface area contributed by atoms with Crippen LogP contribution in [0.1, 0.15) is 18.0 Å². The molecule has 1 aliphatic rings. The number of hydrogen-bond acceptors (Lipinski definition) is 2. The number of carbonyl (C=O) groups is 1. The number of para-hydroxylation sites is 1. The zero-order valence-corrected chi connectivity index (χ0v) is 12.2. The van der Waals surface area contributed by atoms with Gasteiger partial charge < -0.3 is 10.2 Å². The first-order valence-corrected chi connectivity index (χ1v) is 7.01. The van der Waals surface area contributed by atoms with Crippen LogP contribution in [0.4, 0.5) is 15.8 Å². The lowest BCUT2D eigenvalue weighted by molar-refractivity contribution is -0.118. The molecule has 0 bridgehead atoms. The summed E-state index contributed by atoms with van der Waals surface area (Å²) < 4.78 is 14.0. The maximum absolute atomic E-state index is 14.0. The van der Waals surface area contributed by atoms with Gasteiger partial charge in [0, 0.05) is 12.7 Å². The Hall–Kier alpha value is -2.07. The van der Waals surface area contributed by atoms with Crippen LogP contribution in [0.3, 0.4) is 0 Å². The van der Waals surface area contributed by atoms with Gasteiger partial charge in [-0.3, -0.25) is 4.79 Å². The topological polar surface area (TPSA) is 32.3 Å². The molecule has 108 valence electrons. The third-order valence-corrected chi connectivity index (χ3v) is 4.00. The molecule has 1 aliphatic heterocycles.